The Kier molecular flexibility index (Phi) is 7.14. The first kappa shape index (κ1) is 23.6. The summed E-state index contributed by atoms with van der Waals surface area (Å²) in [7, 11) is 0. The van der Waals surface area contributed by atoms with E-state index in [1.54, 1.807) is 0 Å². The fourth-order valence-corrected chi connectivity index (χ4v) is 6.06. The minimum Gasteiger partial charge on any atom is -0.493 e. The van der Waals surface area contributed by atoms with Crippen LogP contribution in [0.3, 0.4) is 0 Å². The molecule has 3 fully saturated rings. The van der Waals surface area contributed by atoms with E-state index in [4.69, 9.17) is 4.74 Å². The number of rotatable bonds is 8. The highest BCUT2D eigenvalue weighted by Gasteiger charge is 2.39. The number of ether oxygens (including phenoxy) is 1. The Bertz CT molecular complexity index is 967. The Morgan fingerprint density at radius 3 is 2.59 bits per heavy atom. The van der Waals surface area contributed by atoms with Crippen LogP contribution < -0.4 is 10.1 Å². The summed E-state index contributed by atoms with van der Waals surface area (Å²) in [4.78, 5) is 21.4. The van der Waals surface area contributed by atoms with Crippen molar-refractivity contribution in [1.82, 2.24) is 20.1 Å². The van der Waals surface area contributed by atoms with E-state index in [2.05, 4.69) is 33.9 Å². The van der Waals surface area contributed by atoms with E-state index in [0.29, 0.717) is 30.3 Å². The van der Waals surface area contributed by atoms with Crippen molar-refractivity contribution in [3.8, 4) is 5.75 Å². The van der Waals surface area contributed by atoms with Gasteiger partial charge in [0.1, 0.15) is 11.4 Å². The second-order valence-electron chi connectivity index (χ2n) is 10.9. The fourth-order valence-electron chi connectivity index (χ4n) is 6.06. The number of nitrogens with one attached hydrogen (secondary N) is 2. The molecule has 7 heteroatoms. The number of likely N-dealkylation sites (tertiary alicyclic amines) is 1. The van der Waals surface area contributed by atoms with Gasteiger partial charge in [0.2, 0.25) is 0 Å². The average molecular weight is 469 g/mol. The molecule has 1 aromatic carbocycles. The molecule has 0 spiro atoms. The molecule has 0 radical (unpaired) electrons. The second-order valence-corrected chi connectivity index (χ2v) is 10.9. The number of hydrogen-bond donors (Lipinski definition) is 3. The molecule has 2 bridgehead atoms. The van der Waals surface area contributed by atoms with Crippen molar-refractivity contribution in [2.24, 2.45) is 5.92 Å². The van der Waals surface area contributed by atoms with Crippen LogP contribution in [0.25, 0.3) is 10.9 Å². The van der Waals surface area contributed by atoms with Gasteiger partial charge in [-0.3, -0.25) is 9.69 Å². The van der Waals surface area contributed by atoms with E-state index in [1.165, 1.54) is 12.8 Å². The zero-order valence-electron chi connectivity index (χ0n) is 20.6. The molecule has 3 N–H and O–H groups in total. The Hall–Kier alpha value is -2.09. The largest absolute Gasteiger partial charge is 0.493 e. The lowest BCUT2D eigenvalue weighted by Crippen LogP contribution is -2.50. The minimum atomic E-state index is -0.0930. The molecule has 7 nitrogen and oxygen atoms in total. The maximum absolute atomic E-state index is 13.0. The van der Waals surface area contributed by atoms with Crippen molar-refractivity contribution in [2.45, 2.75) is 76.6 Å². The second kappa shape index (κ2) is 10.3. The third-order valence-electron chi connectivity index (χ3n) is 7.90. The number of benzene rings is 1. The average Bonchev–Trinajstić information content (AvgIpc) is 3.36. The number of aromatic amines is 1. The van der Waals surface area contributed by atoms with E-state index < -0.39 is 0 Å². The molecule has 4 heterocycles. The Balaban J connectivity index is 1.10. The Morgan fingerprint density at radius 2 is 1.88 bits per heavy atom. The fraction of sp³-hybridized carbons (Fsp3) is 0.667. The van der Waals surface area contributed by atoms with Gasteiger partial charge >= 0.3 is 0 Å². The topological polar surface area (TPSA) is 80.8 Å². The number of H-pyrrole nitrogens is 1. The summed E-state index contributed by atoms with van der Waals surface area (Å²) in [5.74, 6) is 1.24. The summed E-state index contributed by atoms with van der Waals surface area (Å²) in [6.45, 7) is 9.16. The van der Waals surface area contributed by atoms with Gasteiger partial charge in [-0.2, -0.15) is 0 Å². The zero-order valence-corrected chi connectivity index (χ0v) is 20.6. The van der Waals surface area contributed by atoms with E-state index in [1.807, 2.05) is 24.3 Å². The summed E-state index contributed by atoms with van der Waals surface area (Å²) < 4.78 is 5.95. The monoisotopic (exact) mass is 468 g/mol. The first-order chi connectivity index (χ1) is 16.5. The van der Waals surface area contributed by atoms with Crippen LogP contribution in [0.1, 0.15) is 62.9 Å². The number of carbonyl (C=O) groups is 1. The van der Waals surface area contributed by atoms with Crippen LogP contribution in [0.5, 0.6) is 5.75 Å². The van der Waals surface area contributed by atoms with Crippen molar-refractivity contribution in [3.63, 3.8) is 0 Å². The van der Waals surface area contributed by atoms with Gasteiger partial charge in [0.05, 0.1) is 12.7 Å². The summed E-state index contributed by atoms with van der Waals surface area (Å²) in [5, 5.41) is 14.2. The lowest BCUT2D eigenvalue weighted by atomic mass is 10.00. The normalized spacial score (nSPS) is 26.4. The van der Waals surface area contributed by atoms with Gasteiger partial charge in [-0.1, -0.05) is 19.9 Å². The molecule has 5 rings (SSSR count). The van der Waals surface area contributed by atoms with Crippen molar-refractivity contribution in [3.05, 3.63) is 30.0 Å². The molecular formula is C27H40N4O3. The maximum atomic E-state index is 13.0. The first-order valence-electron chi connectivity index (χ1n) is 13.2. The van der Waals surface area contributed by atoms with Crippen LogP contribution >= 0.6 is 0 Å². The highest BCUT2D eigenvalue weighted by atomic mass is 16.5. The first-order valence-corrected chi connectivity index (χ1v) is 13.2. The Labute approximate surface area is 202 Å². The lowest BCUT2D eigenvalue weighted by Gasteiger charge is -2.39. The van der Waals surface area contributed by atoms with E-state index in [0.717, 1.165) is 68.5 Å². The number of carbonyl (C=O) groups excluding carboxylic acids is 1. The number of aliphatic hydroxyl groups excluding tert-OH is 1. The quantitative estimate of drug-likeness (QED) is 0.553. The van der Waals surface area contributed by atoms with Crippen LogP contribution in [-0.4, -0.2) is 82.8 Å². The molecule has 1 amide bonds. The standard InChI is InChI=1S/C27H40N4O3/c1-18(2)17-34-26-5-3-4-24-23(26)16-25(29-24)27(33)28-19-8-10-30(11-9-19)12-13-31-20-6-7-21(31)15-22(32)14-20/h3-5,16,18-22,29,32H,6-15,17H2,1-2H3,(H,28,33)/t20-,21+,22+. The van der Waals surface area contributed by atoms with Crippen LogP contribution in [0.4, 0.5) is 0 Å². The summed E-state index contributed by atoms with van der Waals surface area (Å²) in [6.07, 6.45) is 6.27. The predicted octanol–water partition coefficient (Wildman–Crippen LogP) is 3.38. The highest BCUT2D eigenvalue weighted by molar-refractivity contribution is 5.99. The predicted molar refractivity (Wildman–Crippen MR) is 134 cm³/mol. The molecule has 0 saturated carbocycles. The van der Waals surface area contributed by atoms with Gasteiger partial charge in [-0.25, -0.2) is 0 Å². The number of piperidine rings is 2. The summed E-state index contributed by atoms with van der Waals surface area (Å²) >= 11 is 0. The van der Waals surface area contributed by atoms with E-state index in [9.17, 15) is 9.90 Å². The van der Waals surface area contributed by atoms with Crippen molar-refractivity contribution in [1.29, 1.82) is 0 Å². The zero-order chi connectivity index (χ0) is 23.7. The molecule has 3 saturated heterocycles. The molecule has 3 aliphatic rings. The highest BCUT2D eigenvalue weighted by Crippen LogP contribution is 2.35. The van der Waals surface area contributed by atoms with Crippen molar-refractivity contribution >= 4 is 16.8 Å². The van der Waals surface area contributed by atoms with Crippen molar-refractivity contribution < 1.29 is 14.6 Å². The molecule has 1 aromatic heterocycles. The Morgan fingerprint density at radius 1 is 1.15 bits per heavy atom. The van der Waals surface area contributed by atoms with E-state index >= 15 is 0 Å². The molecule has 186 valence electrons. The van der Waals surface area contributed by atoms with Gasteiger partial charge in [0.15, 0.2) is 0 Å². The molecule has 3 aliphatic heterocycles. The van der Waals surface area contributed by atoms with E-state index in [-0.39, 0.29) is 18.1 Å². The van der Waals surface area contributed by atoms with Gasteiger partial charge in [0.25, 0.3) is 5.91 Å². The number of hydrogen-bond acceptors (Lipinski definition) is 5. The van der Waals surface area contributed by atoms with Gasteiger partial charge in [-0.05, 0) is 62.6 Å². The summed E-state index contributed by atoms with van der Waals surface area (Å²) in [5.41, 5.74) is 1.53. The van der Waals surface area contributed by atoms with Gasteiger partial charge in [0, 0.05) is 55.2 Å². The van der Waals surface area contributed by atoms with Crippen molar-refractivity contribution in [2.75, 3.05) is 32.8 Å². The molecule has 2 aromatic rings. The number of nitrogens with zero attached hydrogens (tertiary/aromatic N) is 2. The number of amides is 1. The van der Waals surface area contributed by atoms with Crippen LogP contribution in [0, 0.1) is 5.92 Å². The van der Waals surface area contributed by atoms with Crippen LogP contribution in [0.15, 0.2) is 24.3 Å². The number of fused-ring (bicyclic) bond motifs is 3. The maximum Gasteiger partial charge on any atom is 0.267 e. The molecular weight excluding hydrogens is 428 g/mol. The summed E-state index contributed by atoms with van der Waals surface area (Å²) in [6, 6.07) is 9.21. The SMILES string of the molecule is CC(C)COc1cccc2[nH]c(C(=O)NC3CCN(CCN4[C@@H]5CC[C@H]4C[C@@H](O)C5)CC3)cc12. The number of aliphatic hydroxyl groups is 1. The minimum absolute atomic E-state index is 0.0343. The molecule has 34 heavy (non-hydrogen) atoms. The third kappa shape index (κ3) is 5.26. The molecule has 0 aliphatic carbocycles. The smallest absolute Gasteiger partial charge is 0.267 e. The molecule has 0 unspecified atom stereocenters. The van der Waals surface area contributed by atoms with Gasteiger partial charge < -0.3 is 25.0 Å². The van der Waals surface area contributed by atoms with Crippen LogP contribution in [0.2, 0.25) is 0 Å². The van der Waals surface area contributed by atoms with Crippen LogP contribution in [-0.2, 0) is 0 Å². The number of aromatic nitrogens is 1. The molecule has 3 atom stereocenters. The lowest BCUT2D eigenvalue weighted by molar-refractivity contribution is 0.0284. The van der Waals surface area contributed by atoms with Gasteiger partial charge in [-0.15, -0.1) is 0 Å². The third-order valence-corrected chi connectivity index (χ3v) is 7.90.